The van der Waals surface area contributed by atoms with Crippen LogP contribution in [0.2, 0.25) is 0 Å². The third kappa shape index (κ3) is 5.31. The maximum Gasteiger partial charge on any atom is 0.237 e. The largest absolute Gasteiger partial charge is 0.504 e. The van der Waals surface area contributed by atoms with Crippen LogP contribution in [0.1, 0.15) is 22.3 Å². The molecule has 32 heavy (non-hydrogen) atoms. The Bertz CT molecular complexity index is 964. The Morgan fingerprint density at radius 2 is 1.53 bits per heavy atom. The van der Waals surface area contributed by atoms with Crippen molar-refractivity contribution in [2.45, 2.75) is 30.3 Å². The van der Waals surface area contributed by atoms with Crippen molar-refractivity contribution in [3.05, 3.63) is 59.7 Å². The molecular weight excluding hydrogens is 424 g/mol. The molecule has 0 aliphatic rings. The highest BCUT2D eigenvalue weighted by atomic mass is 16.4. The van der Waals surface area contributed by atoms with Crippen molar-refractivity contribution in [1.29, 1.82) is 0 Å². The van der Waals surface area contributed by atoms with Gasteiger partial charge in [-0.3, -0.25) is 9.59 Å². The summed E-state index contributed by atoms with van der Waals surface area (Å²) in [6.07, 6.45) is -4.48. The van der Waals surface area contributed by atoms with Crippen LogP contribution in [-0.2, 0) is 4.79 Å². The topological polar surface area (TPSA) is 196 Å². The number of aromatic hydroxyl groups is 3. The van der Waals surface area contributed by atoms with E-state index in [-0.39, 0.29) is 0 Å². The number of ketones is 2. The second kappa shape index (κ2) is 10.4. The Balaban J connectivity index is 2.42. The fourth-order valence-corrected chi connectivity index (χ4v) is 2.95. The number of rotatable bonds is 10. The summed E-state index contributed by atoms with van der Waals surface area (Å²) in [7, 11) is 0. The molecule has 8 N–H and O–H groups in total. The zero-order valence-corrected chi connectivity index (χ0v) is 16.7. The summed E-state index contributed by atoms with van der Waals surface area (Å²) in [5, 5.41) is 78.7. The molecule has 0 spiro atoms. The Hall–Kier alpha value is -3.28. The predicted octanol–water partition coefficient (Wildman–Crippen LogP) is -0.535. The zero-order chi connectivity index (χ0) is 24.1. The molecule has 0 aromatic heterocycles. The summed E-state index contributed by atoms with van der Waals surface area (Å²) in [6, 6.07) is 9.94. The van der Waals surface area contributed by atoms with Gasteiger partial charge in [0, 0.05) is 12.0 Å². The van der Waals surface area contributed by atoms with Gasteiger partial charge in [-0.15, -0.1) is 0 Å². The molecule has 0 saturated carbocycles. The number of aliphatic hydroxyl groups excluding tert-OH is 4. The molecule has 0 bridgehead atoms. The summed E-state index contributed by atoms with van der Waals surface area (Å²) in [5.74, 6) is -5.85. The van der Waals surface area contributed by atoms with Crippen molar-refractivity contribution < 1.29 is 50.4 Å². The summed E-state index contributed by atoms with van der Waals surface area (Å²) < 4.78 is 0. The average molecular weight is 448 g/mol. The van der Waals surface area contributed by atoms with Gasteiger partial charge in [0.25, 0.3) is 0 Å². The van der Waals surface area contributed by atoms with Gasteiger partial charge in [0.05, 0.1) is 6.61 Å². The van der Waals surface area contributed by atoms with Crippen LogP contribution >= 0.6 is 0 Å². The average Bonchev–Trinajstić information content (AvgIpc) is 2.80. The Labute approximate surface area is 182 Å². The van der Waals surface area contributed by atoms with Gasteiger partial charge in [-0.25, -0.2) is 0 Å². The van der Waals surface area contributed by atoms with E-state index in [4.69, 9.17) is 5.11 Å². The Morgan fingerprint density at radius 1 is 0.969 bits per heavy atom. The molecule has 10 heteroatoms. The van der Waals surface area contributed by atoms with Crippen LogP contribution in [0.3, 0.4) is 0 Å². The van der Waals surface area contributed by atoms with Gasteiger partial charge in [-0.1, -0.05) is 42.5 Å². The number of phenols is 3. The lowest BCUT2D eigenvalue weighted by Gasteiger charge is -2.34. The highest BCUT2D eigenvalue weighted by Gasteiger charge is 2.50. The monoisotopic (exact) mass is 448 g/mol. The number of hydrogen-bond acceptors (Lipinski definition) is 10. The van der Waals surface area contributed by atoms with E-state index < -0.39 is 71.3 Å². The van der Waals surface area contributed by atoms with Crippen molar-refractivity contribution in [3.8, 4) is 17.2 Å². The maximum absolute atomic E-state index is 12.9. The van der Waals surface area contributed by atoms with E-state index in [1.54, 1.807) is 30.3 Å². The molecule has 0 aliphatic carbocycles. The number of hydrogen-bond donors (Lipinski definition) is 8. The van der Waals surface area contributed by atoms with Gasteiger partial charge in [-0.2, -0.15) is 0 Å². The first-order chi connectivity index (χ1) is 15.0. The minimum absolute atomic E-state index is 0.613. The second-order valence-electron chi connectivity index (χ2n) is 7.15. The zero-order valence-electron chi connectivity index (χ0n) is 16.7. The number of carbonyl (C=O) groups is 2. The fourth-order valence-electron chi connectivity index (χ4n) is 2.95. The van der Waals surface area contributed by atoms with E-state index in [9.17, 15) is 45.3 Å². The number of phenolic OH excluding ortho intramolecular Hbond substituents is 3. The second-order valence-corrected chi connectivity index (χ2v) is 7.15. The van der Waals surface area contributed by atoms with E-state index in [1.807, 2.05) is 0 Å². The molecular formula is C22H24O10. The van der Waals surface area contributed by atoms with E-state index in [0.717, 1.165) is 0 Å². The van der Waals surface area contributed by atoms with Gasteiger partial charge in [0.1, 0.15) is 18.3 Å². The SMILES string of the molecule is O=C(C(=O)C(O)(CC=Cc1ccccc1)C(O)C(O)C(O)CO)c1cc(O)c(O)c(O)c1. The fraction of sp³-hybridized carbons (Fsp3) is 0.273. The summed E-state index contributed by atoms with van der Waals surface area (Å²) in [6.45, 7) is -1.00. The molecule has 0 saturated heterocycles. The molecule has 172 valence electrons. The smallest absolute Gasteiger partial charge is 0.237 e. The van der Waals surface area contributed by atoms with Crippen molar-refractivity contribution in [1.82, 2.24) is 0 Å². The van der Waals surface area contributed by atoms with Crippen LogP contribution in [0.15, 0.2) is 48.5 Å². The quantitative estimate of drug-likeness (QED) is 0.133. The van der Waals surface area contributed by atoms with Crippen LogP contribution < -0.4 is 0 Å². The van der Waals surface area contributed by atoms with Gasteiger partial charge in [0.2, 0.25) is 11.6 Å². The number of carbonyl (C=O) groups excluding carboxylic acids is 2. The highest BCUT2D eigenvalue weighted by molar-refractivity contribution is 6.46. The summed E-state index contributed by atoms with van der Waals surface area (Å²) >= 11 is 0. The van der Waals surface area contributed by atoms with Crippen LogP contribution in [0.5, 0.6) is 17.2 Å². The Morgan fingerprint density at radius 3 is 2.06 bits per heavy atom. The first-order valence-electron chi connectivity index (χ1n) is 9.46. The van der Waals surface area contributed by atoms with E-state index in [2.05, 4.69) is 0 Å². The van der Waals surface area contributed by atoms with Gasteiger partial charge in [-0.05, 0) is 17.7 Å². The standard InChI is InChI=1S/C22H24O10/c23-11-16(26)19(29)21(31)22(32,8-4-7-12-5-2-1-3-6-12)20(30)17(27)13-9-14(24)18(28)15(25)10-13/h1-7,9-10,16,19,21,23-26,28-29,31-32H,8,11H2. The molecule has 0 amide bonds. The lowest BCUT2D eigenvalue weighted by atomic mass is 9.80. The minimum Gasteiger partial charge on any atom is -0.504 e. The lowest BCUT2D eigenvalue weighted by Crippen LogP contribution is -2.59. The van der Waals surface area contributed by atoms with Crippen molar-refractivity contribution in [3.63, 3.8) is 0 Å². The number of aliphatic hydroxyl groups is 5. The molecule has 0 heterocycles. The molecule has 0 fully saturated rings. The van der Waals surface area contributed by atoms with E-state index in [0.29, 0.717) is 17.7 Å². The first-order valence-corrected chi connectivity index (χ1v) is 9.46. The molecule has 0 radical (unpaired) electrons. The number of Topliss-reactive ketones (excluding diaryl/α,β-unsaturated/α-hetero) is 2. The van der Waals surface area contributed by atoms with Crippen molar-refractivity contribution in [2.75, 3.05) is 6.61 Å². The minimum atomic E-state index is -2.96. The molecule has 2 rings (SSSR count). The molecule has 4 atom stereocenters. The van der Waals surface area contributed by atoms with Crippen molar-refractivity contribution in [2.24, 2.45) is 0 Å². The molecule has 10 nitrogen and oxygen atoms in total. The lowest BCUT2D eigenvalue weighted by molar-refractivity contribution is -0.169. The molecule has 2 aromatic rings. The van der Waals surface area contributed by atoms with Crippen molar-refractivity contribution >= 4 is 17.6 Å². The van der Waals surface area contributed by atoms with E-state index >= 15 is 0 Å². The molecule has 4 unspecified atom stereocenters. The normalized spacial score (nSPS) is 16.3. The maximum atomic E-state index is 12.9. The predicted molar refractivity (Wildman–Crippen MR) is 111 cm³/mol. The van der Waals surface area contributed by atoms with E-state index in [1.165, 1.54) is 12.2 Å². The number of benzene rings is 2. The molecule has 0 aliphatic heterocycles. The van der Waals surface area contributed by atoms with Gasteiger partial charge in [0.15, 0.2) is 22.8 Å². The van der Waals surface area contributed by atoms with Crippen LogP contribution in [0.4, 0.5) is 0 Å². The third-order valence-corrected chi connectivity index (χ3v) is 4.86. The Kier molecular flexibility index (Phi) is 8.08. The first kappa shape index (κ1) is 25.0. The highest BCUT2D eigenvalue weighted by Crippen LogP contribution is 2.36. The van der Waals surface area contributed by atoms with Gasteiger partial charge < -0.3 is 40.9 Å². The van der Waals surface area contributed by atoms with Crippen LogP contribution in [0.25, 0.3) is 6.08 Å². The molecule has 2 aromatic carbocycles. The summed E-state index contributed by atoms with van der Waals surface area (Å²) in [5.41, 5.74) is -2.91. The van der Waals surface area contributed by atoms with Gasteiger partial charge >= 0.3 is 0 Å². The van der Waals surface area contributed by atoms with Crippen LogP contribution in [-0.4, -0.2) is 82.9 Å². The van der Waals surface area contributed by atoms with Crippen LogP contribution in [0, 0.1) is 0 Å². The third-order valence-electron chi connectivity index (χ3n) is 4.86. The summed E-state index contributed by atoms with van der Waals surface area (Å²) in [4.78, 5) is 25.6.